The lowest BCUT2D eigenvalue weighted by molar-refractivity contribution is 0.107. The van der Waals surface area contributed by atoms with Gasteiger partial charge < -0.3 is 14.7 Å². The Morgan fingerprint density at radius 1 is 1.21 bits per heavy atom. The summed E-state index contributed by atoms with van der Waals surface area (Å²) in [6, 6.07) is 7.30. The highest BCUT2D eigenvalue weighted by atomic mass is 19.1. The molecule has 0 radical (unpaired) electrons. The Balaban J connectivity index is 1.44. The molecule has 1 saturated carbocycles. The predicted octanol–water partition coefficient (Wildman–Crippen LogP) is 5.24. The van der Waals surface area contributed by atoms with E-state index in [2.05, 4.69) is 25.8 Å². The van der Waals surface area contributed by atoms with E-state index in [9.17, 15) is 19.1 Å². The Bertz CT molecular complexity index is 1900. The van der Waals surface area contributed by atoms with Crippen LogP contribution >= 0.6 is 0 Å². The highest BCUT2D eigenvalue weighted by molar-refractivity contribution is 6.04. The van der Waals surface area contributed by atoms with Gasteiger partial charge in [0.1, 0.15) is 47.4 Å². The maximum atomic E-state index is 16.7. The fourth-order valence-electron chi connectivity index (χ4n) is 6.75. The summed E-state index contributed by atoms with van der Waals surface area (Å²) in [4.78, 5) is 17.4. The molecule has 0 spiro atoms. The third-order valence-electron chi connectivity index (χ3n) is 8.96. The summed E-state index contributed by atoms with van der Waals surface area (Å²) in [7, 11) is 1.81. The van der Waals surface area contributed by atoms with Gasteiger partial charge in [0.05, 0.1) is 16.5 Å². The fourth-order valence-corrected chi connectivity index (χ4v) is 6.75. The molecule has 2 aliphatic heterocycles. The van der Waals surface area contributed by atoms with Gasteiger partial charge in [-0.25, -0.2) is 18.2 Å². The van der Waals surface area contributed by atoms with E-state index in [1.165, 1.54) is 24.3 Å². The molecular weight excluding hydrogens is 557 g/mol. The molecule has 4 heterocycles. The van der Waals surface area contributed by atoms with Crippen molar-refractivity contribution in [3.63, 3.8) is 0 Å². The molecule has 0 unspecified atom stereocenters. The van der Waals surface area contributed by atoms with Gasteiger partial charge in [0.2, 0.25) is 0 Å². The first kappa shape index (κ1) is 27.2. The number of ether oxygens (including phenoxy) is 1. The Kier molecular flexibility index (Phi) is 6.33. The summed E-state index contributed by atoms with van der Waals surface area (Å²) in [5.41, 5.74) is -1.27. The normalized spacial score (nSPS) is 21.6. The molecule has 3 fully saturated rings. The second kappa shape index (κ2) is 9.99. The predicted molar refractivity (Wildman–Crippen MR) is 154 cm³/mol. The van der Waals surface area contributed by atoms with Gasteiger partial charge in [0.25, 0.3) is 0 Å². The van der Waals surface area contributed by atoms with E-state index in [1.807, 2.05) is 18.0 Å². The van der Waals surface area contributed by atoms with Crippen molar-refractivity contribution >= 4 is 27.5 Å². The van der Waals surface area contributed by atoms with Crippen molar-refractivity contribution in [2.45, 2.75) is 49.9 Å². The first-order valence-electron chi connectivity index (χ1n) is 14.2. The van der Waals surface area contributed by atoms with Crippen molar-refractivity contribution in [3.8, 4) is 41.4 Å². The van der Waals surface area contributed by atoms with Gasteiger partial charge in [-0.1, -0.05) is 12.0 Å². The zero-order valence-corrected chi connectivity index (χ0v) is 23.4. The van der Waals surface area contributed by atoms with E-state index in [0.717, 1.165) is 32.2 Å². The van der Waals surface area contributed by atoms with Crippen molar-refractivity contribution in [2.24, 2.45) is 0 Å². The highest BCUT2D eigenvalue weighted by Gasteiger charge is 2.49. The lowest BCUT2D eigenvalue weighted by Crippen LogP contribution is -2.43. The fraction of sp³-hybridized carbons (Fsp3) is 0.375. The average molecular weight is 585 g/mol. The van der Waals surface area contributed by atoms with E-state index in [0.29, 0.717) is 24.2 Å². The number of nitrogens with zero attached hydrogens (tertiary/aromatic N) is 6. The van der Waals surface area contributed by atoms with Crippen LogP contribution in [0.25, 0.3) is 32.9 Å². The van der Waals surface area contributed by atoms with Crippen LogP contribution in [-0.2, 0) is 0 Å². The average Bonchev–Trinajstić information content (AvgIpc) is 3.70. The molecule has 2 aromatic carbocycles. The topological polar surface area (TPSA) is 98.4 Å². The standard InChI is InChI=1S/C32H27F3N6O2/c1-3-21-23(34)8-5-17-11-20(42)12-22(25(17)21)28-27(35)29-26(24(14-36)37-28)30(40(2)19-6-7-19)39-31(38-29)43-16-32-9-4-10-41(32)15-18(33)13-32/h1,5,8,11-12,18-19,42H,4,6-7,9-10,13,15-16H2,2H3/t18-,32+/m1/s1. The number of hydrogen-bond donors (Lipinski definition) is 1. The summed E-state index contributed by atoms with van der Waals surface area (Å²) in [6.07, 6.45) is 8.54. The summed E-state index contributed by atoms with van der Waals surface area (Å²) < 4.78 is 52.0. The molecule has 0 bridgehead atoms. The SMILES string of the molecule is C#Cc1c(F)ccc2cc(O)cc(-c3nc(C#N)c4c(N(C)C5CC5)nc(OC[C@@]56CCCN5C[C@H](F)C6)nc4c3F)c12. The van der Waals surface area contributed by atoms with Crippen molar-refractivity contribution in [3.05, 3.63) is 47.2 Å². The molecule has 2 aromatic heterocycles. The van der Waals surface area contributed by atoms with Crippen LogP contribution in [0.3, 0.4) is 0 Å². The zero-order chi connectivity index (χ0) is 30.0. The maximum Gasteiger partial charge on any atom is 0.319 e. The molecule has 11 heteroatoms. The molecule has 8 nitrogen and oxygen atoms in total. The molecule has 1 aliphatic carbocycles. The Labute approximate surface area is 245 Å². The number of hydrogen-bond acceptors (Lipinski definition) is 8. The third kappa shape index (κ3) is 4.38. The molecule has 7 rings (SSSR count). The number of alkyl halides is 1. The van der Waals surface area contributed by atoms with Gasteiger partial charge >= 0.3 is 6.01 Å². The molecular formula is C32H27F3N6O2. The minimum absolute atomic E-state index is 0.0111. The summed E-state index contributed by atoms with van der Waals surface area (Å²) >= 11 is 0. The summed E-state index contributed by atoms with van der Waals surface area (Å²) in [5.74, 6) is 0.786. The van der Waals surface area contributed by atoms with Crippen LogP contribution in [-0.4, -0.2) is 69.5 Å². The Morgan fingerprint density at radius 2 is 2.02 bits per heavy atom. The van der Waals surface area contributed by atoms with Crippen molar-refractivity contribution in [1.82, 2.24) is 19.9 Å². The first-order valence-corrected chi connectivity index (χ1v) is 14.2. The van der Waals surface area contributed by atoms with Crippen LogP contribution in [0.5, 0.6) is 11.8 Å². The van der Waals surface area contributed by atoms with Gasteiger partial charge in [-0.3, -0.25) is 4.90 Å². The number of nitriles is 1. The second-order valence-corrected chi connectivity index (χ2v) is 11.7. The number of fused-ring (bicyclic) bond motifs is 3. The number of rotatable bonds is 6. The number of anilines is 1. The molecule has 2 saturated heterocycles. The van der Waals surface area contributed by atoms with Gasteiger partial charge in [-0.2, -0.15) is 15.2 Å². The lowest BCUT2D eigenvalue weighted by atomic mass is 9.95. The van der Waals surface area contributed by atoms with Crippen molar-refractivity contribution in [1.29, 1.82) is 5.26 Å². The van der Waals surface area contributed by atoms with E-state index >= 15 is 4.39 Å². The number of aromatic hydroxyl groups is 1. The van der Waals surface area contributed by atoms with Crippen LogP contribution in [0.4, 0.5) is 19.0 Å². The van der Waals surface area contributed by atoms with E-state index in [1.54, 1.807) is 0 Å². The number of pyridine rings is 1. The molecule has 0 amide bonds. The minimum atomic E-state index is -0.947. The van der Waals surface area contributed by atoms with Crippen LogP contribution in [0, 0.1) is 35.3 Å². The molecule has 1 N–H and O–H groups in total. The Morgan fingerprint density at radius 3 is 2.77 bits per heavy atom. The number of terminal acetylenes is 1. The summed E-state index contributed by atoms with van der Waals surface area (Å²) in [5, 5.41) is 21.3. The van der Waals surface area contributed by atoms with E-state index < -0.39 is 23.3 Å². The summed E-state index contributed by atoms with van der Waals surface area (Å²) in [6.45, 7) is 1.27. The van der Waals surface area contributed by atoms with Crippen LogP contribution in [0.2, 0.25) is 0 Å². The Hall–Kier alpha value is -4.61. The second-order valence-electron chi connectivity index (χ2n) is 11.7. The number of aromatic nitrogens is 3. The number of benzene rings is 2. The van der Waals surface area contributed by atoms with E-state index in [-0.39, 0.29) is 63.2 Å². The van der Waals surface area contributed by atoms with Crippen LogP contribution in [0.15, 0.2) is 24.3 Å². The third-order valence-corrected chi connectivity index (χ3v) is 8.96. The molecule has 4 aromatic rings. The first-order chi connectivity index (χ1) is 20.7. The largest absolute Gasteiger partial charge is 0.508 e. The smallest absolute Gasteiger partial charge is 0.319 e. The molecule has 218 valence electrons. The van der Waals surface area contributed by atoms with Gasteiger partial charge in [-0.15, -0.1) is 6.42 Å². The number of phenolic OH excluding ortho intramolecular Hbond substituents is 1. The number of halogens is 3. The molecule has 43 heavy (non-hydrogen) atoms. The van der Waals surface area contributed by atoms with Crippen molar-refractivity contribution < 1.29 is 23.0 Å². The number of phenols is 1. The van der Waals surface area contributed by atoms with Gasteiger partial charge in [-0.05, 0) is 55.8 Å². The quantitative estimate of drug-likeness (QED) is 0.308. The highest BCUT2D eigenvalue weighted by Crippen LogP contribution is 2.43. The minimum Gasteiger partial charge on any atom is -0.508 e. The van der Waals surface area contributed by atoms with Gasteiger partial charge in [0.15, 0.2) is 11.5 Å². The van der Waals surface area contributed by atoms with Crippen molar-refractivity contribution in [2.75, 3.05) is 31.6 Å². The van der Waals surface area contributed by atoms with Gasteiger partial charge in [0, 0.05) is 37.0 Å². The van der Waals surface area contributed by atoms with Crippen LogP contribution in [0.1, 0.15) is 43.4 Å². The zero-order valence-electron chi connectivity index (χ0n) is 23.4. The lowest BCUT2D eigenvalue weighted by Gasteiger charge is -2.31. The van der Waals surface area contributed by atoms with Crippen LogP contribution < -0.4 is 9.64 Å². The van der Waals surface area contributed by atoms with E-state index in [4.69, 9.17) is 11.2 Å². The maximum absolute atomic E-state index is 16.7. The monoisotopic (exact) mass is 584 g/mol. The molecule has 2 atom stereocenters. The molecule has 3 aliphatic rings.